The third-order valence-electron chi connectivity index (χ3n) is 0.437. The molecule has 0 saturated carbocycles. The smallest absolute Gasteiger partial charge is 0.264 e. The van der Waals surface area contributed by atoms with E-state index in [0.29, 0.717) is 0 Å². The molecule has 88 valence electrons. The predicted molar refractivity (Wildman–Crippen MR) is 61.2 cm³/mol. The molecule has 0 bridgehead atoms. The first kappa shape index (κ1) is 17.7. The number of rotatable bonds is 2. The van der Waals surface area contributed by atoms with Gasteiger partial charge in [-0.25, -0.2) is 0 Å². The second kappa shape index (κ2) is 7.60. The lowest BCUT2D eigenvalue weighted by Gasteiger charge is -2.08. The molecule has 0 aliphatic heterocycles. The minimum Gasteiger partial charge on any atom is -0.347 e. The van der Waals surface area contributed by atoms with Gasteiger partial charge in [0.05, 0.1) is 6.26 Å². The van der Waals surface area contributed by atoms with Crippen LogP contribution in [0.3, 0.4) is 0 Å². The van der Waals surface area contributed by atoms with Crippen molar-refractivity contribution in [3.63, 3.8) is 0 Å². The maximum Gasteiger partial charge on any atom is 0.264 e. The fraction of sp³-hybridized carbons (Fsp3) is 1.00. The second-order valence-electron chi connectivity index (χ2n) is 1.86. The lowest BCUT2D eigenvalue weighted by atomic mass is 10.9. The molecule has 0 spiro atoms. The predicted octanol–water partition coefficient (Wildman–Crippen LogP) is 0.810. The largest absolute Gasteiger partial charge is 0.347 e. The summed E-state index contributed by atoms with van der Waals surface area (Å²) < 4.78 is 23.1. The number of hydrogen-bond donors (Lipinski definition) is 2. The van der Waals surface area contributed by atoms with Crippen molar-refractivity contribution in [1.82, 2.24) is 0 Å². The van der Waals surface area contributed by atoms with E-state index >= 15 is 0 Å². The highest BCUT2D eigenvalue weighted by Crippen LogP contribution is 2.26. The average Bonchev–Trinajstić information content (AvgIpc) is 1.79. The van der Waals surface area contributed by atoms with Crippen LogP contribution in [0.4, 0.5) is 0 Å². The molecule has 11 heteroatoms. The van der Waals surface area contributed by atoms with E-state index in [2.05, 4.69) is 16.0 Å². The van der Waals surface area contributed by atoms with Crippen LogP contribution >= 0.6 is 42.0 Å². The van der Waals surface area contributed by atoms with Crippen LogP contribution in [0.15, 0.2) is 0 Å². The van der Waals surface area contributed by atoms with Gasteiger partial charge < -0.3 is 9.79 Å². The van der Waals surface area contributed by atoms with Crippen molar-refractivity contribution in [2.75, 3.05) is 12.9 Å². The van der Waals surface area contributed by atoms with Crippen molar-refractivity contribution in [3.05, 3.63) is 0 Å². The summed E-state index contributed by atoms with van der Waals surface area (Å²) in [6, 6.07) is 0. The molecule has 0 amide bonds. The molecule has 0 aromatic rings. The van der Waals surface area contributed by atoms with E-state index in [9.17, 15) is 8.42 Å². The monoisotopic (exact) mass is 324 g/mol. The van der Waals surface area contributed by atoms with E-state index in [0.717, 1.165) is 6.26 Å². The van der Waals surface area contributed by atoms with E-state index in [1.165, 1.54) is 0 Å². The van der Waals surface area contributed by atoms with Gasteiger partial charge in [0, 0.05) is 0 Å². The van der Waals surface area contributed by atoms with Crippen LogP contribution < -0.4 is 0 Å². The Morgan fingerprint density at radius 1 is 1.43 bits per heavy atom. The second-order valence-corrected chi connectivity index (χ2v) is 7.68. The molecule has 0 unspecified atom stereocenters. The zero-order valence-corrected chi connectivity index (χ0v) is 11.7. The molecule has 14 heavy (non-hydrogen) atoms. The number of hydrogen-bond acceptors (Lipinski definition) is 4. The zero-order valence-electron chi connectivity index (χ0n) is 6.78. The minimum absolute atomic E-state index is 0.462. The fourth-order valence-corrected chi connectivity index (χ4v) is 0.922. The minimum atomic E-state index is -3.51. The quantitative estimate of drug-likeness (QED) is 0.444. The Hall–Kier alpha value is 1.35. The van der Waals surface area contributed by atoms with Crippen molar-refractivity contribution in [2.24, 2.45) is 0 Å². The summed E-state index contributed by atoms with van der Waals surface area (Å²) in [5.74, 6) is 0. The van der Waals surface area contributed by atoms with Crippen LogP contribution in [0.5, 0.6) is 0 Å². The molecule has 0 fully saturated rings. The summed E-state index contributed by atoms with van der Waals surface area (Å²) in [5.41, 5.74) is 0. The van der Waals surface area contributed by atoms with Gasteiger partial charge in [0.15, 0.2) is 7.15 Å². The highest BCUT2D eigenvalue weighted by molar-refractivity contribution is 7.99. The number of halogens is 3. The zero-order chi connectivity index (χ0) is 12.0. The Labute approximate surface area is 103 Å². The Balaban J connectivity index is 0. The van der Waals surface area contributed by atoms with Gasteiger partial charge in [0.2, 0.25) is 3.79 Å². The maximum absolute atomic E-state index is 10.3. The first-order valence-corrected chi connectivity index (χ1v) is 8.25. The summed E-state index contributed by atoms with van der Waals surface area (Å²) in [7, 11) is -5.81. The van der Waals surface area contributed by atoms with Crippen molar-refractivity contribution in [1.29, 1.82) is 0 Å². The highest BCUT2D eigenvalue weighted by Gasteiger charge is 2.22. The molecule has 0 heterocycles. The van der Waals surface area contributed by atoms with Gasteiger partial charge in [-0.1, -0.05) is 34.8 Å². The fourth-order valence-electron chi connectivity index (χ4n) is 0.174. The van der Waals surface area contributed by atoms with Crippen LogP contribution in [0.1, 0.15) is 0 Å². The maximum atomic E-state index is 10.3. The molecule has 5 nitrogen and oxygen atoms in total. The average molecular weight is 326 g/mol. The van der Waals surface area contributed by atoms with E-state index in [1.54, 1.807) is 0 Å². The Kier molecular flexibility index (Phi) is 9.62. The summed E-state index contributed by atoms with van der Waals surface area (Å²) >= 11 is 19.4. The van der Waals surface area contributed by atoms with Crippen LogP contribution in [-0.4, -0.2) is 34.9 Å². The Morgan fingerprint density at radius 2 is 1.71 bits per heavy atom. The van der Waals surface area contributed by atoms with Crippen molar-refractivity contribution in [3.8, 4) is 0 Å². The molecule has 0 aliphatic rings. The summed E-state index contributed by atoms with van der Waals surface area (Å²) in [4.78, 5) is 15.1. The van der Waals surface area contributed by atoms with Gasteiger partial charge in [-0.15, -0.1) is 0 Å². The normalized spacial score (nSPS) is 12.2. The van der Waals surface area contributed by atoms with E-state index in [1.807, 2.05) is 0 Å². The van der Waals surface area contributed by atoms with E-state index in [4.69, 9.17) is 44.6 Å². The van der Waals surface area contributed by atoms with Crippen LogP contribution in [-0.2, 0) is 26.1 Å². The van der Waals surface area contributed by atoms with Gasteiger partial charge >= 0.3 is 0 Å². The third kappa shape index (κ3) is 29.2. The van der Waals surface area contributed by atoms with Crippen LogP contribution in [0.2, 0.25) is 0 Å². The third-order valence-corrected chi connectivity index (χ3v) is 1.31. The molecular weight excluding hydrogens is 317 g/mol. The molecule has 0 radical (unpaired) electrons. The molecule has 2 N–H and O–H groups in total. The molecular formula is C3H8Cl3O5PS2. The SMILES string of the molecule is CS(=O)(=O)OCC(Cl)(Cl)Cl.O[PH](O)=S. The van der Waals surface area contributed by atoms with Gasteiger partial charge in [-0.3, -0.25) is 4.18 Å². The summed E-state index contributed by atoms with van der Waals surface area (Å²) in [6.07, 6.45) is 0.878. The standard InChI is InChI=1S/C3H5Cl3O3S.H3O2PS/c1-10(7,8)9-2-3(4,5)6;1-3(2)4/h2H2,1H3;3H,(H2,1,2,4). The van der Waals surface area contributed by atoms with Gasteiger partial charge in [0.1, 0.15) is 6.61 Å². The van der Waals surface area contributed by atoms with Gasteiger partial charge in [-0.2, -0.15) is 8.42 Å². The lowest BCUT2D eigenvalue weighted by Crippen LogP contribution is -2.16. The molecule has 0 aromatic heterocycles. The van der Waals surface area contributed by atoms with E-state index < -0.39 is 27.7 Å². The first-order valence-electron chi connectivity index (χ1n) is 2.77. The topological polar surface area (TPSA) is 83.8 Å². The molecule has 0 aromatic carbocycles. The summed E-state index contributed by atoms with van der Waals surface area (Å²) in [5, 5.41) is 0. The van der Waals surface area contributed by atoms with Gasteiger partial charge in [-0.05, 0) is 11.8 Å². The molecule has 0 rings (SSSR count). The van der Waals surface area contributed by atoms with Crippen molar-refractivity contribution < 1.29 is 22.4 Å². The Bertz CT molecular complexity index is 268. The molecule has 0 atom stereocenters. The number of alkyl halides is 3. The molecule has 0 saturated heterocycles. The lowest BCUT2D eigenvalue weighted by molar-refractivity contribution is 0.329. The highest BCUT2D eigenvalue weighted by atomic mass is 35.6. The van der Waals surface area contributed by atoms with Crippen molar-refractivity contribution >= 4 is 63.9 Å². The van der Waals surface area contributed by atoms with Crippen molar-refractivity contribution in [2.45, 2.75) is 3.79 Å². The van der Waals surface area contributed by atoms with E-state index in [-0.39, 0.29) is 0 Å². The molecule has 0 aliphatic carbocycles. The summed E-state index contributed by atoms with van der Waals surface area (Å²) in [6.45, 7) is -0.462. The Morgan fingerprint density at radius 3 is 1.79 bits per heavy atom. The first-order chi connectivity index (χ1) is 5.94. The van der Waals surface area contributed by atoms with Gasteiger partial charge in [0.25, 0.3) is 10.1 Å². The van der Waals surface area contributed by atoms with Crippen LogP contribution in [0, 0.1) is 0 Å². The van der Waals surface area contributed by atoms with Crippen LogP contribution in [0.25, 0.3) is 0 Å².